The van der Waals surface area contributed by atoms with Crippen LogP contribution in [0.25, 0.3) is 0 Å². The van der Waals surface area contributed by atoms with Crippen molar-refractivity contribution in [3.05, 3.63) is 64.1 Å². The van der Waals surface area contributed by atoms with Gasteiger partial charge in [0, 0.05) is 11.0 Å². The Bertz CT molecular complexity index is 767. The maximum absolute atomic E-state index is 12.2. The van der Waals surface area contributed by atoms with E-state index in [-0.39, 0.29) is 17.0 Å². The highest BCUT2D eigenvalue weighted by molar-refractivity contribution is 9.10. The first kappa shape index (κ1) is 14.7. The Morgan fingerprint density at radius 1 is 1.10 bits per heavy atom. The summed E-state index contributed by atoms with van der Waals surface area (Å²) in [5.41, 5.74) is 0.956. The van der Waals surface area contributed by atoms with Gasteiger partial charge in [0.15, 0.2) is 0 Å². The van der Waals surface area contributed by atoms with E-state index in [4.69, 9.17) is 5.26 Å². The number of halogens is 1. The average molecular weight is 351 g/mol. The first-order valence-electron chi connectivity index (χ1n) is 5.77. The normalized spacial score (nSPS) is 11.0. The van der Waals surface area contributed by atoms with Crippen LogP contribution in [-0.4, -0.2) is 8.42 Å². The van der Waals surface area contributed by atoms with Crippen molar-refractivity contribution in [1.29, 1.82) is 5.26 Å². The van der Waals surface area contributed by atoms with Crippen LogP contribution in [0.3, 0.4) is 0 Å². The van der Waals surface area contributed by atoms with E-state index in [2.05, 4.69) is 20.7 Å². The van der Waals surface area contributed by atoms with E-state index in [1.807, 2.05) is 30.3 Å². The number of nitriles is 1. The van der Waals surface area contributed by atoms with Gasteiger partial charge in [-0.1, -0.05) is 46.3 Å². The van der Waals surface area contributed by atoms with E-state index in [9.17, 15) is 8.42 Å². The van der Waals surface area contributed by atoms with Crippen molar-refractivity contribution in [3.8, 4) is 6.07 Å². The molecule has 0 bridgehead atoms. The van der Waals surface area contributed by atoms with Gasteiger partial charge in [0.25, 0.3) is 0 Å². The second-order valence-corrected chi connectivity index (χ2v) is 6.61. The number of rotatable bonds is 4. The highest BCUT2D eigenvalue weighted by Crippen LogP contribution is 2.18. The molecule has 2 aromatic carbocycles. The van der Waals surface area contributed by atoms with Crippen LogP contribution in [0.2, 0.25) is 0 Å². The van der Waals surface area contributed by atoms with Crippen LogP contribution in [0.5, 0.6) is 0 Å². The Labute approximate surface area is 126 Å². The van der Waals surface area contributed by atoms with Crippen molar-refractivity contribution in [2.75, 3.05) is 0 Å². The van der Waals surface area contributed by atoms with Crippen molar-refractivity contribution in [2.45, 2.75) is 11.4 Å². The van der Waals surface area contributed by atoms with Crippen LogP contribution in [0.4, 0.5) is 0 Å². The molecule has 0 unspecified atom stereocenters. The minimum Gasteiger partial charge on any atom is -0.207 e. The van der Waals surface area contributed by atoms with Gasteiger partial charge < -0.3 is 0 Å². The lowest BCUT2D eigenvalue weighted by molar-refractivity contribution is 0.581. The standard InChI is InChI=1S/C14H11BrN2O2S/c15-13-7-3-1-6-12(13)10-17-20(18,19)14-8-4-2-5-11(14)9-16/h1-8,17H,10H2. The van der Waals surface area contributed by atoms with Crippen LogP contribution in [0, 0.1) is 11.3 Å². The van der Waals surface area contributed by atoms with E-state index in [0.29, 0.717) is 0 Å². The molecule has 1 N–H and O–H groups in total. The van der Waals surface area contributed by atoms with Crippen molar-refractivity contribution in [3.63, 3.8) is 0 Å². The average Bonchev–Trinajstić information content (AvgIpc) is 2.46. The van der Waals surface area contributed by atoms with E-state index < -0.39 is 10.0 Å². The third kappa shape index (κ3) is 3.25. The van der Waals surface area contributed by atoms with Gasteiger partial charge >= 0.3 is 0 Å². The van der Waals surface area contributed by atoms with Gasteiger partial charge in [0.05, 0.1) is 10.5 Å². The van der Waals surface area contributed by atoms with Crippen LogP contribution in [0.1, 0.15) is 11.1 Å². The number of nitrogens with one attached hydrogen (secondary N) is 1. The van der Waals surface area contributed by atoms with Crippen molar-refractivity contribution < 1.29 is 8.42 Å². The summed E-state index contributed by atoms with van der Waals surface area (Å²) < 4.78 is 27.8. The first-order valence-corrected chi connectivity index (χ1v) is 8.04. The van der Waals surface area contributed by atoms with Gasteiger partial charge in [-0.05, 0) is 23.8 Å². The Balaban J connectivity index is 2.25. The molecule has 0 saturated carbocycles. The van der Waals surface area contributed by atoms with E-state index in [0.717, 1.165) is 10.0 Å². The fourth-order valence-electron chi connectivity index (χ4n) is 1.69. The molecule has 0 amide bonds. The molecule has 20 heavy (non-hydrogen) atoms. The zero-order chi connectivity index (χ0) is 14.6. The highest BCUT2D eigenvalue weighted by Gasteiger charge is 2.17. The number of benzene rings is 2. The molecule has 0 fully saturated rings. The largest absolute Gasteiger partial charge is 0.242 e. The predicted molar refractivity (Wildman–Crippen MR) is 79.3 cm³/mol. The predicted octanol–water partition coefficient (Wildman–Crippen LogP) is 2.80. The lowest BCUT2D eigenvalue weighted by Gasteiger charge is -2.09. The molecule has 0 heterocycles. The van der Waals surface area contributed by atoms with E-state index in [1.54, 1.807) is 12.1 Å². The molecule has 6 heteroatoms. The Morgan fingerprint density at radius 3 is 2.45 bits per heavy atom. The summed E-state index contributed by atoms with van der Waals surface area (Å²) in [5.74, 6) is 0. The second kappa shape index (κ2) is 6.18. The fraction of sp³-hybridized carbons (Fsp3) is 0.0714. The summed E-state index contributed by atoms with van der Waals surface area (Å²) in [6.45, 7) is 0.156. The smallest absolute Gasteiger partial charge is 0.207 e. The molecule has 2 aromatic rings. The second-order valence-electron chi connectivity index (χ2n) is 4.02. The van der Waals surface area contributed by atoms with Gasteiger partial charge in [0.2, 0.25) is 10.0 Å². The van der Waals surface area contributed by atoms with Crippen LogP contribution in [-0.2, 0) is 16.6 Å². The summed E-state index contributed by atoms with van der Waals surface area (Å²) in [6.07, 6.45) is 0. The van der Waals surface area contributed by atoms with Crippen LogP contribution >= 0.6 is 15.9 Å². The Morgan fingerprint density at radius 2 is 1.75 bits per heavy atom. The number of sulfonamides is 1. The maximum atomic E-state index is 12.2. The summed E-state index contributed by atoms with van der Waals surface area (Å²) in [4.78, 5) is -0.00504. The monoisotopic (exact) mass is 350 g/mol. The molecule has 4 nitrogen and oxygen atoms in total. The van der Waals surface area contributed by atoms with E-state index in [1.165, 1.54) is 12.1 Å². The molecule has 2 rings (SSSR count). The SMILES string of the molecule is N#Cc1ccccc1S(=O)(=O)NCc1ccccc1Br. The molecular weight excluding hydrogens is 340 g/mol. The third-order valence-electron chi connectivity index (χ3n) is 2.71. The first-order chi connectivity index (χ1) is 9.54. The minimum atomic E-state index is -3.71. The molecule has 0 spiro atoms. The van der Waals surface area contributed by atoms with Gasteiger partial charge in [-0.2, -0.15) is 5.26 Å². The van der Waals surface area contributed by atoms with Crippen LogP contribution in [0.15, 0.2) is 57.9 Å². The quantitative estimate of drug-likeness (QED) is 0.921. The summed E-state index contributed by atoms with van der Waals surface area (Å²) >= 11 is 3.36. The molecule has 0 aliphatic carbocycles. The molecule has 0 aromatic heterocycles. The molecule has 0 aliphatic heterocycles. The highest BCUT2D eigenvalue weighted by atomic mass is 79.9. The Hall–Kier alpha value is -1.68. The molecule has 0 radical (unpaired) electrons. The lowest BCUT2D eigenvalue weighted by atomic mass is 10.2. The number of nitrogens with zero attached hydrogens (tertiary/aromatic N) is 1. The molecule has 0 aliphatic rings. The molecule has 0 atom stereocenters. The molecule has 0 saturated heterocycles. The van der Waals surface area contributed by atoms with Crippen molar-refractivity contribution in [2.24, 2.45) is 0 Å². The van der Waals surface area contributed by atoms with Gasteiger partial charge in [-0.3, -0.25) is 0 Å². The lowest BCUT2D eigenvalue weighted by Crippen LogP contribution is -2.24. The summed E-state index contributed by atoms with van der Waals surface area (Å²) in [6, 6.07) is 15.3. The topological polar surface area (TPSA) is 70.0 Å². The van der Waals surface area contributed by atoms with Gasteiger partial charge in [-0.25, -0.2) is 13.1 Å². The molecular formula is C14H11BrN2O2S. The third-order valence-corrected chi connectivity index (χ3v) is 4.94. The Kier molecular flexibility index (Phi) is 4.55. The zero-order valence-corrected chi connectivity index (χ0v) is 12.8. The number of hydrogen-bond donors (Lipinski definition) is 1. The maximum Gasteiger partial charge on any atom is 0.242 e. The zero-order valence-electron chi connectivity index (χ0n) is 10.4. The number of hydrogen-bond acceptors (Lipinski definition) is 3. The summed E-state index contributed by atoms with van der Waals surface area (Å²) in [7, 11) is -3.71. The van der Waals surface area contributed by atoms with Crippen molar-refractivity contribution >= 4 is 26.0 Å². The van der Waals surface area contributed by atoms with Crippen LogP contribution < -0.4 is 4.72 Å². The fourth-order valence-corrected chi connectivity index (χ4v) is 3.27. The van der Waals surface area contributed by atoms with Gasteiger partial charge in [0.1, 0.15) is 6.07 Å². The molecule has 102 valence electrons. The summed E-state index contributed by atoms with van der Waals surface area (Å²) in [5, 5.41) is 8.96. The van der Waals surface area contributed by atoms with E-state index >= 15 is 0 Å². The van der Waals surface area contributed by atoms with Crippen molar-refractivity contribution in [1.82, 2.24) is 4.72 Å². The minimum absolute atomic E-state index is 0.00504. The van der Waals surface area contributed by atoms with Gasteiger partial charge in [-0.15, -0.1) is 0 Å².